The Kier molecular flexibility index (Phi) is 28.4. The van der Waals surface area contributed by atoms with Crippen LogP contribution >= 0.6 is 23.2 Å². The number of amides is 8. The minimum atomic E-state index is -2.12. The highest BCUT2D eigenvalue weighted by molar-refractivity contribution is 6.21. The fraction of sp³-hybridized carbons (Fsp3) is 0.821. The number of primary amides is 1. The molecule has 28 atom stereocenters. The summed E-state index contributed by atoms with van der Waals surface area (Å²) >= 11 is 14.8. The number of likely N-dealkylation sites (N-methyl/N-ethyl adjacent to an activating group) is 1. The van der Waals surface area contributed by atoms with E-state index < -0.39 is 234 Å². The predicted octanol–water partition coefficient (Wildman–Crippen LogP) is -0.329. The zero-order chi connectivity index (χ0) is 79.5. The quantitative estimate of drug-likeness (QED) is 0.0553. The molecule has 0 spiro atoms. The van der Waals surface area contributed by atoms with E-state index in [0.717, 1.165) is 70.6 Å². The minimum Gasteiger partial charge on any atom is -0.485 e. The monoisotopic (exact) mass is 1600 g/mol. The summed E-state index contributed by atoms with van der Waals surface area (Å²) in [5.41, 5.74) is 5.62. The molecule has 5 unspecified atom stereocenters. The fourth-order valence-corrected chi connectivity index (χ4v) is 21.8. The number of rotatable bonds is 21. The number of benzene rings is 1. The van der Waals surface area contributed by atoms with Gasteiger partial charge in [-0.25, -0.2) is 0 Å². The van der Waals surface area contributed by atoms with Crippen molar-refractivity contribution < 1.29 is 103 Å². The second-order valence-corrected chi connectivity index (χ2v) is 35.8. The van der Waals surface area contributed by atoms with Crippen LogP contribution in [-0.4, -0.2) is 246 Å². The molecule has 1 aromatic carbocycles. The Morgan fingerprint density at radius 3 is 1.84 bits per heavy atom. The molecule has 15 bridgehead atoms. The van der Waals surface area contributed by atoms with Gasteiger partial charge in [0.2, 0.25) is 59.3 Å². The van der Waals surface area contributed by atoms with Gasteiger partial charge in [0.15, 0.2) is 11.5 Å². The van der Waals surface area contributed by atoms with Crippen molar-refractivity contribution in [2.75, 3.05) is 26.7 Å². The first-order chi connectivity index (χ1) is 53.0. The molecule has 8 amide bonds. The summed E-state index contributed by atoms with van der Waals surface area (Å²) < 4.78 is 26.3. The summed E-state index contributed by atoms with van der Waals surface area (Å²) in [4.78, 5) is 122. The second-order valence-electron chi connectivity index (χ2n) is 34.7. The summed E-state index contributed by atoms with van der Waals surface area (Å²) in [6.45, 7) is 5.74. The van der Waals surface area contributed by atoms with Crippen LogP contribution in [0.25, 0.3) is 0 Å². The van der Waals surface area contributed by atoms with Gasteiger partial charge in [-0.1, -0.05) is 52.9 Å². The van der Waals surface area contributed by atoms with Crippen molar-refractivity contribution in [3.63, 3.8) is 0 Å². The Bertz CT molecular complexity index is 3410. The number of unbranched alkanes of at least 4 members (excludes halogenated alkanes) is 5. The Morgan fingerprint density at radius 1 is 0.613 bits per heavy atom. The molecule has 0 radical (unpaired) electrons. The zero-order valence-electron chi connectivity index (χ0n) is 63.9. The third kappa shape index (κ3) is 19.1. The SMILES string of the molecule is CCCCCCCCNCC1C(O)C2C3C[C@H](CC[C@H]3O)[C@H]3NC(=O)[C@@H]4NC(=O)[C@H](CC(N)=O)NC(=O)[C@H](NC(=O)[C@@H](CC(C)C)NC)[C@H](O)[C@H]5CC[C@@H](Oc6cc4cc(c6O[C@@H]4O[C@H](CO)[C@@H](O)[C@H](O)[C@H]4O)O[C@@H]4CC[C@@H](C[C@@H]4Cl)[C@@H](O)[C@H](NC3=O)C(=O)N[C@H](C(=O)NC3C4CC6CC(C4)CC3C6)C2C[C@@H]1O)[C@H](Cl)C5. The summed E-state index contributed by atoms with van der Waals surface area (Å²) in [5.74, 6) is -14.7. The summed E-state index contributed by atoms with van der Waals surface area (Å²) in [6, 6.07) is -9.83. The molecular formula is C78H120Cl2N10O21. The zero-order valence-corrected chi connectivity index (χ0v) is 65.4. The van der Waals surface area contributed by atoms with Crippen LogP contribution in [0, 0.1) is 71.0 Å². The third-order valence-corrected chi connectivity index (χ3v) is 27.6. The number of carbonyl (C=O) groups excluding carboxylic acids is 8. The van der Waals surface area contributed by atoms with Gasteiger partial charge in [0.1, 0.15) is 72.9 Å². The van der Waals surface area contributed by atoms with E-state index in [2.05, 4.69) is 54.8 Å². The number of alkyl halides is 2. The number of carbonyl (C=O) groups is 8. The number of halogens is 2. The van der Waals surface area contributed by atoms with E-state index in [1.807, 2.05) is 13.8 Å². The lowest BCUT2D eigenvalue weighted by atomic mass is 9.54. The third-order valence-electron chi connectivity index (χ3n) is 26.7. The van der Waals surface area contributed by atoms with Gasteiger partial charge in [-0.15, -0.1) is 23.2 Å². The van der Waals surface area contributed by atoms with Crippen molar-refractivity contribution in [1.29, 1.82) is 0 Å². The van der Waals surface area contributed by atoms with E-state index in [1.165, 1.54) is 12.1 Å². The number of fused-ring (bicyclic) bond motifs is 15. The molecule has 111 heavy (non-hydrogen) atoms. The molecule has 2 saturated heterocycles. The van der Waals surface area contributed by atoms with Gasteiger partial charge in [-0.2, -0.15) is 0 Å². The van der Waals surface area contributed by atoms with Crippen LogP contribution in [0.4, 0.5) is 0 Å². The number of aliphatic hydroxyl groups excluding tert-OH is 9. The smallest absolute Gasteiger partial charge is 0.247 e. The average molecular weight is 1600 g/mol. The van der Waals surface area contributed by atoms with Gasteiger partial charge in [0, 0.05) is 18.5 Å². The van der Waals surface area contributed by atoms with Gasteiger partial charge in [-0.05, 0) is 206 Å². The number of hydrogen-bond donors (Lipinski definition) is 19. The number of aliphatic hydroxyl groups is 9. The lowest BCUT2D eigenvalue weighted by molar-refractivity contribution is -0.278. The van der Waals surface area contributed by atoms with Crippen molar-refractivity contribution in [2.45, 2.75) is 301 Å². The first-order valence-electron chi connectivity index (χ1n) is 41.0. The van der Waals surface area contributed by atoms with Gasteiger partial charge in [0.05, 0.1) is 60.3 Å². The summed E-state index contributed by atoms with van der Waals surface area (Å²) in [6.07, 6.45) is -9.17. The van der Waals surface area contributed by atoms with Crippen LogP contribution in [0.3, 0.4) is 0 Å². The maximum absolute atomic E-state index is 16.4. The molecule has 8 aliphatic carbocycles. The van der Waals surface area contributed by atoms with E-state index in [-0.39, 0.29) is 118 Å². The molecule has 31 nitrogen and oxygen atoms in total. The molecule has 0 aromatic heterocycles. The first-order valence-corrected chi connectivity index (χ1v) is 41.9. The summed E-state index contributed by atoms with van der Waals surface area (Å²) in [7, 11) is 1.54. The molecule has 622 valence electrons. The van der Waals surface area contributed by atoms with E-state index in [0.29, 0.717) is 18.4 Å². The van der Waals surface area contributed by atoms with E-state index in [9.17, 15) is 55.5 Å². The largest absolute Gasteiger partial charge is 0.485 e. The topological polar surface area (TPSA) is 490 Å². The number of nitrogens with one attached hydrogen (secondary N) is 9. The maximum atomic E-state index is 16.4. The van der Waals surface area contributed by atoms with Crippen LogP contribution < -0.4 is 67.8 Å². The molecule has 15 rings (SSSR count). The van der Waals surface area contributed by atoms with Crippen molar-refractivity contribution in [3.05, 3.63) is 17.7 Å². The van der Waals surface area contributed by atoms with Crippen LogP contribution in [-0.2, 0) is 43.1 Å². The van der Waals surface area contributed by atoms with E-state index in [4.69, 9.17) is 47.9 Å². The van der Waals surface area contributed by atoms with Gasteiger partial charge >= 0.3 is 0 Å². The fourth-order valence-electron chi connectivity index (χ4n) is 20.9. The maximum Gasteiger partial charge on any atom is 0.247 e. The first kappa shape index (κ1) is 84.9. The van der Waals surface area contributed by atoms with Crippen LogP contribution in [0.15, 0.2) is 12.1 Å². The molecule has 10 fully saturated rings. The minimum absolute atomic E-state index is 0.00434. The van der Waals surface area contributed by atoms with Crippen molar-refractivity contribution in [1.82, 2.24) is 47.9 Å². The molecule has 14 aliphatic rings. The molecule has 1 aromatic rings. The Hall–Kier alpha value is -5.52. The normalized spacial score (nSPS) is 41.4. The van der Waals surface area contributed by atoms with Crippen LogP contribution in [0.5, 0.6) is 17.2 Å². The highest BCUT2D eigenvalue weighted by atomic mass is 35.5. The van der Waals surface area contributed by atoms with Gasteiger partial charge in [0.25, 0.3) is 0 Å². The Morgan fingerprint density at radius 2 is 1.23 bits per heavy atom. The van der Waals surface area contributed by atoms with E-state index in [1.54, 1.807) is 7.05 Å². The number of ether oxygens (including phenoxy) is 4. The molecule has 33 heteroatoms. The average Bonchev–Trinajstić information content (AvgIpc) is 0.753. The van der Waals surface area contributed by atoms with Crippen molar-refractivity contribution >= 4 is 70.5 Å². The molecule has 8 saturated carbocycles. The molecule has 20 N–H and O–H groups in total. The molecule has 6 aliphatic heterocycles. The standard InChI is InChI=1S/C78H120Cl2N10O21/c1-5-6-7-8-9-10-17-83-31-44-50(93)29-43-57(66(44)97)42-24-36(11-14-49(42)92)59-73(103)90-63(77(107)88-61(43)75(105)85-58-39-20-34-19-35(22-39)23-40(58)21-34)65(96)38-13-16-52(46(80)26-38)109-54-28-41-27-53(70(54)111-78-69(100)68(99)67(98)55(32-91)110-78)108-51-15-12-37(25-45(51)79)64(95)62(89-71(101)47(82-4)18-33(2)3)76(106)84-48(30-56(81)94)72(102)86-60(41)74(104)87-59/h27-28,33-40,42-52,55,57-69,78,82-83,91-93,95-100H,5-26,29-32H2,1-4H3,(H2,81,94)(H,84,106)(H,85,105)(H,86,102)(H,87,104)(H,88,107)(H,89,101)(H,90,103)/t34?,35?,36-,37-,38-,39?,40?,42?,43?,44?,45+,46-,47+,48-,49+,50-,51+,52+,55+,57?,58?,59+,60+,61-,62+,63-,64+,65+,66?,67+,68-,69+,78-/m0/s1. The second kappa shape index (κ2) is 37.2. The van der Waals surface area contributed by atoms with Crippen LogP contribution in [0.2, 0.25) is 0 Å². The summed E-state index contributed by atoms with van der Waals surface area (Å²) in [5, 5.41) is 132. The Labute approximate surface area is 657 Å². The predicted molar refractivity (Wildman–Crippen MR) is 401 cm³/mol. The Balaban J connectivity index is 0.987. The lowest BCUT2D eigenvalue weighted by Crippen LogP contribution is -2.68. The van der Waals surface area contributed by atoms with Gasteiger partial charge in [-0.3, -0.25) is 38.4 Å². The number of nitrogens with two attached hydrogens (primary N) is 1. The van der Waals surface area contributed by atoms with Crippen molar-refractivity contribution in [3.8, 4) is 17.2 Å². The van der Waals surface area contributed by atoms with Gasteiger partial charge < -0.3 is 118 Å². The molecule has 6 heterocycles. The van der Waals surface area contributed by atoms with Crippen molar-refractivity contribution in [2.24, 2.45) is 76.7 Å². The lowest BCUT2D eigenvalue weighted by Gasteiger charge is -2.55. The highest BCUT2D eigenvalue weighted by Crippen LogP contribution is 2.55. The highest BCUT2D eigenvalue weighted by Gasteiger charge is 2.58. The van der Waals surface area contributed by atoms with E-state index >= 15 is 28.8 Å². The number of hydrogen-bond acceptors (Lipinski definition) is 23. The molecular weight excluding hydrogens is 1480 g/mol. The van der Waals surface area contributed by atoms with Crippen LogP contribution in [0.1, 0.15) is 180 Å².